The SMILES string of the molecule is CCc1ccc(N)cc1S(=O)(=O)N(C)CCC(C)C. The molecule has 0 fully saturated rings. The molecule has 0 amide bonds. The van der Waals surface area contributed by atoms with Gasteiger partial charge in [-0.2, -0.15) is 0 Å². The Morgan fingerprint density at radius 3 is 2.47 bits per heavy atom. The van der Waals surface area contributed by atoms with E-state index in [0.717, 1.165) is 12.0 Å². The van der Waals surface area contributed by atoms with Gasteiger partial charge in [0.05, 0.1) is 4.90 Å². The molecule has 0 bridgehead atoms. The van der Waals surface area contributed by atoms with Gasteiger partial charge >= 0.3 is 0 Å². The van der Waals surface area contributed by atoms with Crippen molar-refractivity contribution in [2.75, 3.05) is 19.3 Å². The highest BCUT2D eigenvalue weighted by molar-refractivity contribution is 7.89. The van der Waals surface area contributed by atoms with Gasteiger partial charge in [-0.1, -0.05) is 26.8 Å². The molecule has 0 aliphatic heterocycles. The van der Waals surface area contributed by atoms with Crippen molar-refractivity contribution in [3.63, 3.8) is 0 Å². The first-order valence-corrected chi connectivity index (χ1v) is 8.07. The van der Waals surface area contributed by atoms with E-state index < -0.39 is 10.0 Å². The normalized spacial score (nSPS) is 12.3. The van der Waals surface area contributed by atoms with Gasteiger partial charge in [-0.3, -0.25) is 0 Å². The minimum absolute atomic E-state index is 0.334. The smallest absolute Gasteiger partial charge is 0.243 e. The zero-order valence-corrected chi connectivity index (χ0v) is 13.0. The maximum Gasteiger partial charge on any atom is 0.243 e. The fourth-order valence-electron chi connectivity index (χ4n) is 1.83. The molecule has 0 radical (unpaired) electrons. The van der Waals surface area contributed by atoms with Crippen LogP contribution in [0.3, 0.4) is 0 Å². The number of benzene rings is 1. The molecule has 0 atom stereocenters. The summed E-state index contributed by atoms with van der Waals surface area (Å²) >= 11 is 0. The Bertz CT molecular complexity index is 524. The fraction of sp³-hybridized carbons (Fsp3) is 0.571. The molecule has 0 aromatic heterocycles. The van der Waals surface area contributed by atoms with Crippen LogP contribution in [0.25, 0.3) is 0 Å². The van der Waals surface area contributed by atoms with E-state index in [1.165, 1.54) is 4.31 Å². The van der Waals surface area contributed by atoms with Crippen LogP contribution in [-0.4, -0.2) is 26.3 Å². The average molecular weight is 284 g/mol. The third-order valence-electron chi connectivity index (χ3n) is 3.18. The highest BCUT2D eigenvalue weighted by Crippen LogP contribution is 2.23. The Kier molecular flexibility index (Phi) is 5.38. The molecule has 0 aliphatic rings. The van der Waals surface area contributed by atoms with Gasteiger partial charge in [-0.15, -0.1) is 0 Å². The predicted molar refractivity (Wildman–Crippen MR) is 79.5 cm³/mol. The maximum absolute atomic E-state index is 12.5. The molecule has 2 N–H and O–H groups in total. The minimum atomic E-state index is -3.45. The largest absolute Gasteiger partial charge is 0.399 e. The maximum atomic E-state index is 12.5. The molecule has 0 aliphatic carbocycles. The summed E-state index contributed by atoms with van der Waals surface area (Å²) in [6, 6.07) is 5.09. The summed E-state index contributed by atoms with van der Waals surface area (Å²) < 4.78 is 26.5. The molecular weight excluding hydrogens is 260 g/mol. The summed E-state index contributed by atoms with van der Waals surface area (Å²) in [6.45, 7) is 6.63. The van der Waals surface area contributed by atoms with Crippen LogP contribution in [0.2, 0.25) is 0 Å². The summed E-state index contributed by atoms with van der Waals surface area (Å²) in [5.41, 5.74) is 7.01. The Hall–Kier alpha value is -1.07. The van der Waals surface area contributed by atoms with E-state index in [1.54, 1.807) is 25.2 Å². The number of nitrogens with zero attached hydrogens (tertiary/aromatic N) is 1. The Balaban J connectivity index is 3.09. The number of sulfonamides is 1. The van der Waals surface area contributed by atoms with Crippen molar-refractivity contribution in [3.8, 4) is 0 Å². The number of nitrogen functional groups attached to an aromatic ring is 1. The summed E-state index contributed by atoms with van der Waals surface area (Å²) in [6.07, 6.45) is 1.52. The van der Waals surface area contributed by atoms with Gasteiger partial charge in [0.2, 0.25) is 10.0 Å². The molecule has 0 spiro atoms. The van der Waals surface area contributed by atoms with Crippen LogP contribution < -0.4 is 5.73 Å². The first-order valence-electron chi connectivity index (χ1n) is 6.63. The average Bonchev–Trinajstić information content (AvgIpc) is 2.35. The lowest BCUT2D eigenvalue weighted by molar-refractivity contribution is 0.427. The molecule has 0 saturated heterocycles. The summed E-state index contributed by atoms with van der Waals surface area (Å²) in [4.78, 5) is 0.334. The fourth-order valence-corrected chi connectivity index (χ4v) is 3.34. The molecule has 108 valence electrons. The first kappa shape index (κ1) is 16.0. The number of anilines is 1. The van der Waals surface area contributed by atoms with Crippen LogP contribution in [0.15, 0.2) is 23.1 Å². The highest BCUT2D eigenvalue weighted by atomic mass is 32.2. The molecule has 19 heavy (non-hydrogen) atoms. The molecule has 4 nitrogen and oxygen atoms in total. The van der Waals surface area contributed by atoms with Crippen LogP contribution in [0.4, 0.5) is 5.69 Å². The van der Waals surface area contributed by atoms with E-state index in [2.05, 4.69) is 13.8 Å². The van der Waals surface area contributed by atoms with E-state index in [9.17, 15) is 8.42 Å². The van der Waals surface area contributed by atoms with Crippen LogP contribution in [0, 0.1) is 5.92 Å². The summed E-state index contributed by atoms with van der Waals surface area (Å²) in [5, 5.41) is 0. The van der Waals surface area contributed by atoms with Crippen LogP contribution in [0.1, 0.15) is 32.8 Å². The summed E-state index contributed by atoms with van der Waals surface area (Å²) in [5.74, 6) is 0.476. The monoisotopic (exact) mass is 284 g/mol. The zero-order valence-electron chi connectivity index (χ0n) is 12.2. The Morgan fingerprint density at radius 1 is 1.32 bits per heavy atom. The topological polar surface area (TPSA) is 63.4 Å². The lowest BCUT2D eigenvalue weighted by Crippen LogP contribution is -2.29. The third-order valence-corrected chi connectivity index (χ3v) is 5.12. The van der Waals surface area contributed by atoms with Gasteiger partial charge in [0.25, 0.3) is 0 Å². The van der Waals surface area contributed by atoms with E-state index in [1.807, 2.05) is 6.92 Å². The lowest BCUT2D eigenvalue weighted by atomic mass is 10.1. The number of aryl methyl sites for hydroxylation is 1. The standard InChI is InChI=1S/C14H24N2O2S/c1-5-12-6-7-13(15)10-14(12)19(17,18)16(4)9-8-11(2)3/h6-7,10-11H,5,8-9,15H2,1-4H3. The van der Waals surface area contributed by atoms with Gasteiger partial charge in [-0.25, -0.2) is 12.7 Å². The Morgan fingerprint density at radius 2 is 1.95 bits per heavy atom. The van der Waals surface area contributed by atoms with Crippen molar-refractivity contribution in [2.45, 2.75) is 38.5 Å². The molecule has 1 aromatic rings. The van der Waals surface area contributed by atoms with Crippen molar-refractivity contribution in [1.29, 1.82) is 0 Å². The van der Waals surface area contributed by atoms with Crippen molar-refractivity contribution in [1.82, 2.24) is 4.31 Å². The second-order valence-electron chi connectivity index (χ2n) is 5.23. The Labute approximate surface area is 116 Å². The molecule has 5 heteroatoms. The molecule has 0 heterocycles. The van der Waals surface area contributed by atoms with Crippen molar-refractivity contribution in [2.24, 2.45) is 5.92 Å². The molecule has 0 unspecified atom stereocenters. The molecule has 1 aromatic carbocycles. The van der Waals surface area contributed by atoms with Crippen LogP contribution in [0.5, 0.6) is 0 Å². The lowest BCUT2D eigenvalue weighted by Gasteiger charge is -2.20. The van der Waals surface area contributed by atoms with Crippen molar-refractivity contribution in [3.05, 3.63) is 23.8 Å². The van der Waals surface area contributed by atoms with Gasteiger partial charge < -0.3 is 5.73 Å². The molecule has 1 rings (SSSR count). The van der Waals surface area contributed by atoms with E-state index >= 15 is 0 Å². The number of hydrogen-bond acceptors (Lipinski definition) is 3. The third kappa shape index (κ3) is 3.94. The second kappa shape index (κ2) is 6.39. The highest BCUT2D eigenvalue weighted by Gasteiger charge is 2.23. The number of rotatable bonds is 6. The second-order valence-corrected chi connectivity index (χ2v) is 7.24. The van der Waals surface area contributed by atoms with Crippen LogP contribution in [-0.2, 0) is 16.4 Å². The van der Waals surface area contributed by atoms with Gasteiger partial charge in [-0.05, 0) is 36.5 Å². The van der Waals surface area contributed by atoms with Crippen LogP contribution >= 0.6 is 0 Å². The van der Waals surface area contributed by atoms with Gasteiger partial charge in [0, 0.05) is 19.3 Å². The molecule has 0 saturated carbocycles. The van der Waals surface area contributed by atoms with E-state index in [4.69, 9.17) is 5.73 Å². The van der Waals surface area contributed by atoms with E-state index in [0.29, 0.717) is 29.5 Å². The van der Waals surface area contributed by atoms with Crippen molar-refractivity contribution < 1.29 is 8.42 Å². The van der Waals surface area contributed by atoms with Gasteiger partial charge in [0.1, 0.15) is 0 Å². The number of nitrogens with two attached hydrogens (primary N) is 1. The van der Waals surface area contributed by atoms with E-state index in [-0.39, 0.29) is 0 Å². The number of hydrogen-bond donors (Lipinski definition) is 1. The predicted octanol–water partition coefficient (Wildman–Crippen LogP) is 2.50. The molecular formula is C14H24N2O2S. The first-order chi connectivity index (χ1) is 8.78. The minimum Gasteiger partial charge on any atom is -0.399 e. The van der Waals surface area contributed by atoms with Crippen molar-refractivity contribution >= 4 is 15.7 Å². The summed E-state index contributed by atoms with van der Waals surface area (Å²) in [7, 11) is -1.82. The zero-order chi connectivity index (χ0) is 14.6. The van der Waals surface area contributed by atoms with Gasteiger partial charge in [0.15, 0.2) is 0 Å². The quantitative estimate of drug-likeness (QED) is 0.816.